The van der Waals surface area contributed by atoms with Gasteiger partial charge in [0.1, 0.15) is 0 Å². The molecule has 1 aromatic carbocycles. The van der Waals surface area contributed by atoms with Gasteiger partial charge in [-0.1, -0.05) is 6.92 Å². The van der Waals surface area contributed by atoms with Gasteiger partial charge in [0.15, 0.2) is 0 Å². The molecule has 0 radical (unpaired) electrons. The second kappa shape index (κ2) is 8.39. The van der Waals surface area contributed by atoms with Gasteiger partial charge >= 0.3 is 0 Å². The molecule has 8 nitrogen and oxygen atoms in total. The average Bonchev–Trinajstić information content (AvgIpc) is 2.60. The van der Waals surface area contributed by atoms with Crippen molar-refractivity contribution in [2.45, 2.75) is 13.3 Å². The lowest BCUT2D eigenvalue weighted by Crippen LogP contribution is -2.51. The van der Waals surface area contributed by atoms with Crippen LogP contribution in [-0.4, -0.2) is 65.8 Å². The quantitative estimate of drug-likeness (QED) is 0.615. The fraction of sp³-hybridized carbons (Fsp3) is 0.500. The van der Waals surface area contributed by atoms with E-state index in [-0.39, 0.29) is 17.5 Å². The number of hydrogen-bond donors (Lipinski definition) is 1. The van der Waals surface area contributed by atoms with Crippen molar-refractivity contribution in [3.8, 4) is 0 Å². The lowest BCUT2D eigenvalue weighted by atomic mass is 10.1. The SMILES string of the molecule is CCCNC(=O)CN1CCN(C(=O)c2ccc([N+](=O)[O-])cc2)CC1. The molecule has 24 heavy (non-hydrogen) atoms. The molecule has 1 aliphatic heterocycles. The Bertz CT molecular complexity index is 595. The van der Waals surface area contributed by atoms with Crippen LogP contribution in [0.3, 0.4) is 0 Å². The van der Waals surface area contributed by atoms with Crippen molar-refractivity contribution >= 4 is 17.5 Å². The van der Waals surface area contributed by atoms with Gasteiger partial charge in [-0.15, -0.1) is 0 Å². The van der Waals surface area contributed by atoms with Crippen LogP contribution in [0, 0.1) is 10.1 Å². The number of nitro benzene ring substituents is 1. The molecule has 0 aromatic heterocycles. The Hall–Kier alpha value is -2.48. The van der Waals surface area contributed by atoms with Gasteiger partial charge in [-0.2, -0.15) is 0 Å². The van der Waals surface area contributed by atoms with Crippen molar-refractivity contribution in [2.24, 2.45) is 0 Å². The third-order valence-corrected chi connectivity index (χ3v) is 3.92. The van der Waals surface area contributed by atoms with Gasteiger partial charge in [-0.05, 0) is 18.6 Å². The minimum Gasteiger partial charge on any atom is -0.355 e. The molecule has 1 saturated heterocycles. The molecule has 0 unspecified atom stereocenters. The maximum Gasteiger partial charge on any atom is 0.269 e. The molecule has 8 heteroatoms. The van der Waals surface area contributed by atoms with Gasteiger partial charge in [0.05, 0.1) is 11.5 Å². The average molecular weight is 334 g/mol. The molecule has 1 heterocycles. The molecular formula is C16H22N4O4. The van der Waals surface area contributed by atoms with Crippen LogP contribution in [0.15, 0.2) is 24.3 Å². The van der Waals surface area contributed by atoms with Crippen LogP contribution in [0.5, 0.6) is 0 Å². The smallest absolute Gasteiger partial charge is 0.269 e. The van der Waals surface area contributed by atoms with Gasteiger partial charge in [0.25, 0.3) is 11.6 Å². The first-order chi connectivity index (χ1) is 11.5. The number of nitrogens with zero attached hydrogens (tertiary/aromatic N) is 3. The van der Waals surface area contributed by atoms with Crippen molar-refractivity contribution in [3.63, 3.8) is 0 Å². The third kappa shape index (κ3) is 4.76. The van der Waals surface area contributed by atoms with Crippen molar-refractivity contribution < 1.29 is 14.5 Å². The monoisotopic (exact) mass is 334 g/mol. The van der Waals surface area contributed by atoms with E-state index in [1.54, 1.807) is 4.90 Å². The minimum atomic E-state index is -0.489. The Balaban J connectivity index is 1.84. The van der Waals surface area contributed by atoms with Gasteiger partial charge in [-0.25, -0.2) is 0 Å². The molecule has 0 saturated carbocycles. The first-order valence-corrected chi connectivity index (χ1v) is 8.04. The van der Waals surface area contributed by atoms with Crippen LogP contribution >= 0.6 is 0 Å². The topological polar surface area (TPSA) is 95.8 Å². The number of nitrogens with one attached hydrogen (secondary N) is 1. The van der Waals surface area contributed by atoms with E-state index in [2.05, 4.69) is 5.32 Å². The molecule has 1 fully saturated rings. The Kier molecular flexibility index (Phi) is 6.25. The van der Waals surface area contributed by atoms with Crippen LogP contribution < -0.4 is 5.32 Å². The minimum absolute atomic E-state index is 0.00648. The molecule has 1 N–H and O–H groups in total. The first kappa shape index (κ1) is 17.9. The van der Waals surface area contributed by atoms with E-state index in [1.807, 2.05) is 11.8 Å². The summed E-state index contributed by atoms with van der Waals surface area (Å²) in [5.41, 5.74) is 0.407. The van der Waals surface area contributed by atoms with Crippen molar-refractivity contribution in [1.82, 2.24) is 15.1 Å². The second-order valence-corrected chi connectivity index (χ2v) is 5.72. The maximum atomic E-state index is 12.4. The van der Waals surface area contributed by atoms with E-state index in [0.29, 0.717) is 44.8 Å². The number of amides is 2. The Morgan fingerprint density at radius 1 is 1.17 bits per heavy atom. The molecule has 2 amide bonds. The second-order valence-electron chi connectivity index (χ2n) is 5.72. The highest BCUT2D eigenvalue weighted by atomic mass is 16.6. The molecule has 1 aliphatic rings. The number of non-ortho nitro benzene ring substituents is 1. The molecule has 0 aliphatic carbocycles. The fourth-order valence-electron chi connectivity index (χ4n) is 2.54. The number of benzene rings is 1. The Labute approximate surface area is 140 Å². The first-order valence-electron chi connectivity index (χ1n) is 8.04. The molecular weight excluding hydrogens is 312 g/mol. The normalized spacial score (nSPS) is 15.1. The van der Waals surface area contributed by atoms with Crippen LogP contribution in [-0.2, 0) is 4.79 Å². The number of carbonyl (C=O) groups excluding carboxylic acids is 2. The highest BCUT2D eigenvalue weighted by Gasteiger charge is 2.23. The van der Waals surface area contributed by atoms with Gasteiger partial charge in [-0.3, -0.25) is 24.6 Å². The summed E-state index contributed by atoms with van der Waals surface area (Å²) in [5, 5.41) is 13.5. The standard InChI is InChI=1S/C16H22N4O4/c1-2-7-17-15(21)12-18-8-10-19(11-9-18)16(22)13-3-5-14(6-4-13)20(23)24/h3-6H,2,7-12H2,1H3,(H,17,21). The summed E-state index contributed by atoms with van der Waals surface area (Å²) in [5.74, 6) is -0.132. The summed E-state index contributed by atoms with van der Waals surface area (Å²) in [6, 6.07) is 5.62. The van der Waals surface area contributed by atoms with E-state index in [4.69, 9.17) is 0 Å². The summed E-state index contributed by atoms with van der Waals surface area (Å²) in [6.07, 6.45) is 0.906. The van der Waals surface area contributed by atoms with E-state index in [1.165, 1.54) is 24.3 Å². The van der Waals surface area contributed by atoms with E-state index < -0.39 is 4.92 Å². The maximum absolute atomic E-state index is 12.4. The van der Waals surface area contributed by atoms with E-state index in [9.17, 15) is 19.7 Å². The largest absolute Gasteiger partial charge is 0.355 e. The summed E-state index contributed by atoms with van der Waals surface area (Å²) < 4.78 is 0. The predicted octanol–water partition coefficient (Wildman–Crippen LogP) is 0.879. The highest BCUT2D eigenvalue weighted by Crippen LogP contribution is 2.14. The third-order valence-electron chi connectivity index (χ3n) is 3.92. The summed E-state index contributed by atoms with van der Waals surface area (Å²) in [6.45, 7) is 5.38. The summed E-state index contributed by atoms with van der Waals surface area (Å²) in [7, 11) is 0. The van der Waals surface area contributed by atoms with E-state index in [0.717, 1.165) is 6.42 Å². The molecule has 0 spiro atoms. The van der Waals surface area contributed by atoms with Gasteiger partial charge in [0, 0.05) is 50.4 Å². The highest BCUT2D eigenvalue weighted by molar-refractivity contribution is 5.94. The number of carbonyl (C=O) groups is 2. The fourth-order valence-corrected chi connectivity index (χ4v) is 2.54. The zero-order chi connectivity index (χ0) is 17.5. The van der Waals surface area contributed by atoms with Crippen LogP contribution in [0.4, 0.5) is 5.69 Å². The molecule has 1 aromatic rings. The molecule has 0 atom stereocenters. The Morgan fingerprint density at radius 3 is 2.33 bits per heavy atom. The van der Waals surface area contributed by atoms with Crippen LogP contribution in [0.25, 0.3) is 0 Å². The molecule has 130 valence electrons. The van der Waals surface area contributed by atoms with Crippen molar-refractivity contribution in [3.05, 3.63) is 39.9 Å². The zero-order valence-corrected chi connectivity index (χ0v) is 13.7. The number of nitro groups is 1. The number of piperazine rings is 1. The van der Waals surface area contributed by atoms with E-state index >= 15 is 0 Å². The lowest BCUT2D eigenvalue weighted by molar-refractivity contribution is -0.384. The zero-order valence-electron chi connectivity index (χ0n) is 13.7. The number of hydrogen-bond acceptors (Lipinski definition) is 5. The number of rotatable bonds is 6. The predicted molar refractivity (Wildman–Crippen MR) is 88.7 cm³/mol. The summed E-state index contributed by atoms with van der Waals surface area (Å²) >= 11 is 0. The van der Waals surface area contributed by atoms with Crippen molar-refractivity contribution in [1.29, 1.82) is 0 Å². The van der Waals surface area contributed by atoms with Crippen molar-refractivity contribution in [2.75, 3.05) is 39.3 Å². The molecule has 2 rings (SSSR count). The van der Waals surface area contributed by atoms with Crippen LogP contribution in [0.2, 0.25) is 0 Å². The van der Waals surface area contributed by atoms with Gasteiger partial charge in [0.2, 0.25) is 5.91 Å². The molecule has 0 bridgehead atoms. The Morgan fingerprint density at radius 2 is 1.79 bits per heavy atom. The van der Waals surface area contributed by atoms with Crippen LogP contribution in [0.1, 0.15) is 23.7 Å². The van der Waals surface area contributed by atoms with Gasteiger partial charge < -0.3 is 10.2 Å². The lowest BCUT2D eigenvalue weighted by Gasteiger charge is -2.34. The summed E-state index contributed by atoms with van der Waals surface area (Å²) in [4.78, 5) is 38.0.